The SMILES string of the molecule is CC(CCCO)Nc1ccnc2cc(Cl)ccc12. The van der Waals surface area contributed by atoms with Crippen molar-refractivity contribution in [2.24, 2.45) is 0 Å². The molecule has 0 aliphatic heterocycles. The Bertz CT molecular complexity index is 530. The predicted octanol–water partition coefficient (Wildman–Crippen LogP) is 3.46. The van der Waals surface area contributed by atoms with Crippen molar-refractivity contribution < 1.29 is 5.11 Å². The predicted molar refractivity (Wildman–Crippen MR) is 76.2 cm³/mol. The van der Waals surface area contributed by atoms with Crippen molar-refractivity contribution in [1.29, 1.82) is 0 Å². The number of pyridine rings is 1. The molecule has 2 N–H and O–H groups in total. The second-order valence-corrected chi connectivity index (χ2v) is 4.87. The van der Waals surface area contributed by atoms with Crippen molar-refractivity contribution in [3.63, 3.8) is 0 Å². The number of anilines is 1. The van der Waals surface area contributed by atoms with E-state index in [0.29, 0.717) is 11.1 Å². The Labute approximate surface area is 112 Å². The van der Waals surface area contributed by atoms with Gasteiger partial charge in [0.1, 0.15) is 0 Å². The molecule has 18 heavy (non-hydrogen) atoms. The van der Waals surface area contributed by atoms with Crippen molar-refractivity contribution >= 4 is 28.2 Å². The first-order valence-electron chi connectivity index (χ1n) is 6.12. The molecule has 1 aromatic carbocycles. The van der Waals surface area contributed by atoms with E-state index in [1.807, 2.05) is 24.3 Å². The summed E-state index contributed by atoms with van der Waals surface area (Å²) >= 11 is 5.96. The second-order valence-electron chi connectivity index (χ2n) is 4.43. The second kappa shape index (κ2) is 6.03. The number of rotatable bonds is 5. The van der Waals surface area contributed by atoms with Crippen LogP contribution in [0.1, 0.15) is 19.8 Å². The number of hydrogen-bond acceptors (Lipinski definition) is 3. The van der Waals surface area contributed by atoms with E-state index in [4.69, 9.17) is 16.7 Å². The van der Waals surface area contributed by atoms with E-state index in [2.05, 4.69) is 17.2 Å². The molecule has 0 radical (unpaired) electrons. The Morgan fingerprint density at radius 1 is 1.39 bits per heavy atom. The maximum absolute atomic E-state index is 8.83. The third-order valence-electron chi connectivity index (χ3n) is 2.90. The van der Waals surface area contributed by atoms with Gasteiger partial charge in [0.05, 0.1) is 5.52 Å². The molecule has 0 aliphatic rings. The average molecular weight is 265 g/mol. The zero-order valence-electron chi connectivity index (χ0n) is 10.4. The van der Waals surface area contributed by atoms with E-state index in [0.717, 1.165) is 29.4 Å². The summed E-state index contributed by atoms with van der Waals surface area (Å²) in [6.45, 7) is 2.34. The molecule has 0 fully saturated rings. The highest BCUT2D eigenvalue weighted by molar-refractivity contribution is 6.31. The Morgan fingerprint density at radius 2 is 2.22 bits per heavy atom. The monoisotopic (exact) mass is 264 g/mol. The Balaban J connectivity index is 2.22. The van der Waals surface area contributed by atoms with Gasteiger partial charge >= 0.3 is 0 Å². The van der Waals surface area contributed by atoms with Gasteiger partial charge in [-0.3, -0.25) is 4.98 Å². The molecule has 1 aromatic heterocycles. The van der Waals surface area contributed by atoms with Gasteiger partial charge in [0.2, 0.25) is 0 Å². The molecule has 0 saturated heterocycles. The molecule has 4 heteroatoms. The minimum atomic E-state index is 0.235. The summed E-state index contributed by atoms with van der Waals surface area (Å²) in [4.78, 5) is 4.31. The Morgan fingerprint density at radius 3 is 3.00 bits per heavy atom. The highest BCUT2D eigenvalue weighted by Gasteiger charge is 2.06. The third-order valence-corrected chi connectivity index (χ3v) is 3.14. The van der Waals surface area contributed by atoms with Crippen molar-refractivity contribution in [2.45, 2.75) is 25.8 Å². The van der Waals surface area contributed by atoms with Gasteiger partial charge in [-0.25, -0.2) is 0 Å². The first kappa shape index (κ1) is 13.1. The average Bonchev–Trinajstić information content (AvgIpc) is 2.36. The lowest BCUT2D eigenvalue weighted by Gasteiger charge is -2.16. The lowest BCUT2D eigenvalue weighted by molar-refractivity contribution is 0.282. The van der Waals surface area contributed by atoms with E-state index < -0.39 is 0 Å². The Kier molecular flexibility index (Phi) is 4.39. The number of halogens is 1. The fourth-order valence-corrected chi connectivity index (χ4v) is 2.15. The molecule has 0 spiro atoms. The van der Waals surface area contributed by atoms with Crippen LogP contribution in [0.4, 0.5) is 5.69 Å². The molecule has 2 aromatic rings. The maximum atomic E-state index is 8.83. The minimum absolute atomic E-state index is 0.235. The molecule has 0 bridgehead atoms. The number of aliphatic hydroxyl groups excluding tert-OH is 1. The number of aromatic nitrogens is 1. The van der Waals surface area contributed by atoms with Gasteiger partial charge in [-0.2, -0.15) is 0 Å². The summed E-state index contributed by atoms with van der Waals surface area (Å²) in [7, 11) is 0. The molecular formula is C14H17ClN2O. The molecule has 0 aliphatic carbocycles. The molecule has 0 amide bonds. The minimum Gasteiger partial charge on any atom is -0.396 e. The Hall–Kier alpha value is -1.32. The van der Waals surface area contributed by atoms with Crippen LogP contribution in [-0.4, -0.2) is 22.7 Å². The molecule has 3 nitrogen and oxygen atoms in total. The van der Waals surface area contributed by atoms with Crippen LogP contribution in [0.2, 0.25) is 5.02 Å². The van der Waals surface area contributed by atoms with Gasteiger partial charge in [-0.1, -0.05) is 11.6 Å². The number of aliphatic hydroxyl groups is 1. The topological polar surface area (TPSA) is 45.1 Å². The fourth-order valence-electron chi connectivity index (χ4n) is 1.98. The van der Waals surface area contributed by atoms with Crippen LogP contribution in [0.15, 0.2) is 30.5 Å². The maximum Gasteiger partial charge on any atom is 0.0737 e. The molecule has 96 valence electrons. The van der Waals surface area contributed by atoms with E-state index in [1.54, 1.807) is 6.20 Å². The molecule has 0 saturated carbocycles. The van der Waals surface area contributed by atoms with Crippen molar-refractivity contribution in [3.8, 4) is 0 Å². The van der Waals surface area contributed by atoms with Crippen LogP contribution in [0.5, 0.6) is 0 Å². The molecule has 1 heterocycles. The van der Waals surface area contributed by atoms with Crippen molar-refractivity contribution in [1.82, 2.24) is 4.98 Å². The van der Waals surface area contributed by atoms with Crippen molar-refractivity contribution in [2.75, 3.05) is 11.9 Å². The number of hydrogen-bond donors (Lipinski definition) is 2. The number of fused-ring (bicyclic) bond motifs is 1. The summed E-state index contributed by atoms with van der Waals surface area (Å²) in [5.74, 6) is 0. The highest BCUT2D eigenvalue weighted by atomic mass is 35.5. The first-order valence-corrected chi connectivity index (χ1v) is 6.50. The normalized spacial score (nSPS) is 12.6. The van der Waals surface area contributed by atoms with Gasteiger partial charge < -0.3 is 10.4 Å². The summed E-state index contributed by atoms with van der Waals surface area (Å²) in [5.41, 5.74) is 1.95. The van der Waals surface area contributed by atoms with Crippen LogP contribution in [-0.2, 0) is 0 Å². The van der Waals surface area contributed by atoms with Crippen LogP contribution >= 0.6 is 11.6 Å². The number of nitrogens with zero attached hydrogens (tertiary/aromatic N) is 1. The summed E-state index contributed by atoms with van der Waals surface area (Å²) < 4.78 is 0. The summed E-state index contributed by atoms with van der Waals surface area (Å²) in [6.07, 6.45) is 3.52. The van der Waals surface area contributed by atoms with Gasteiger partial charge in [0.25, 0.3) is 0 Å². The first-order chi connectivity index (χ1) is 8.70. The molecule has 2 rings (SSSR count). The standard InChI is InChI=1S/C14H17ClN2O/c1-10(3-2-8-18)17-13-6-7-16-14-9-11(15)4-5-12(13)14/h4-7,9-10,18H,2-3,8H2,1H3,(H,16,17). The zero-order valence-corrected chi connectivity index (χ0v) is 11.1. The van der Waals surface area contributed by atoms with Crippen LogP contribution in [0, 0.1) is 0 Å². The highest BCUT2D eigenvalue weighted by Crippen LogP contribution is 2.25. The number of benzene rings is 1. The number of nitrogens with one attached hydrogen (secondary N) is 1. The van der Waals surface area contributed by atoms with E-state index in [1.165, 1.54) is 0 Å². The van der Waals surface area contributed by atoms with Crippen molar-refractivity contribution in [3.05, 3.63) is 35.5 Å². The smallest absolute Gasteiger partial charge is 0.0737 e. The van der Waals surface area contributed by atoms with E-state index >= 15 is 0 Å². The third kappa shape index (κ3) is 3.12. The van der Waals surface area contributed by atoms with Gasteiger partial charge in [-0.05, 0) is 44.0 Å². The largest absolute Gasteiger partial charge is 0.396 e. The van der Waals surface area contributed by atoms with Crippen LogP contribution in [0.25, 0.3) is 10.9 Å². The lowest BCUT2D eigenvalue weighted by Crippen LogP contribution is -2.15. The molecule has 1 atom stereocenters. The quantitative estimate of drug-likeness (QED) is 0.869. The lowest BCUT2D eigenvalue weighted by atomic mass is 10.1. The van der Waals surface area contributed by atoms with E-state index in [9.17, 15) is 0 Å². The summed E-state index contributed by atoms with van der Waals surface area (Å²) in [6, 6.07) is 7.99. The van der Waals surface area contributed by atoms with Gasteiger partial charge in [-0.15, -0.1) is 0 Å². The van der Waals surface area contributed by atoms with Gasteiger partial charge in [0.15, 0.2) is 0 Å². The summed E-state index contributed by atoms with van der Waals surface area (Å²) in [5, 5.41) is 14.0. The molecule has 1 unspecified atom stereocenters. The zero-order chi connectivity index (χ0) is 13.0. The fraction of sp³-hybridized carbons (Fsp3) is 0.357. The van der Waals surface area contributed by atoms with Gasteiger partial charge in [0, 0.05) is 34.9 Å². The van der Waals surface area contributed by atoms with Crippen LogP contribution in [0.3, 0.4) is 0 Å². The van der Waals surface area contributed by atoms with E-state index in [-0.39, 0.29) is 6.61 Å². The molecular weight excluding hydrogens is 248 g/mol. The van der Waals surface area contributed by atoms with Crippen LogP contribution < -0.4 is 5.32 Å².